The van der Waals surface area contributed by atoms with Gasteiger partial charge in [0.25, 0.3) is 0 Å². The van der Waals surface area contributed by atoms with Crippen LogP contribution in [0.2, 0.25) is 0 Å². The predicted octanol–water partition coefficient (Wildman–Crippen LogP) is 5.08. The summed E-state index contributed by atoms with van der Waals surface area (Å²) in [6.07, 6.45) is 1.84. The Morgan fingerprint density at radius 3 is 2.65 bits per heavy atom. The van der Waals surface area contributed by atoms with Gasteiger partial charge in [-0.25, -0.2) is 0 Å². The van der Waals surface area contributed by atoms with Crippen molar-refractivity contribution in [2.24, 2.45) is 0 Å². The highest BCUT2D eigenvalue weighted by atomic mass is 32.1. The van der Waals surface area contributed by atoms with E-state index in [1.165, 1.54) is 16.9 Å². The molecule has 0 saturated carbocycles. The Morgan fingerprint density at radius 2 is 1.94 bits per heavy atom. The van der Waals surface area contributed by atoms with Gasteiger partial charge in [-0.15, -0.1) is 10.2 Å². The van der Waals surface area contributed by atoms with Crippen LogP contribution in [0.15, 0.2) is 36.4 Å². The van der Waals surface area contributed by atoms with Crippen LogP contribution in [0.1, 0.15) is 38.3 Å². The first kappa shape index (κ1) is 22.7. The van der Waals surface area contributed by atoms with Crippen LogP contribution in [0.5, 0.6) is 11.5 Å². The summed E-state index contributed by atoms with van der Waals surface area (Å²) in [7, 11) is 1.94. The predicted molar refractivity (Wildman–Crippen MR) is 125 cm³/mol. The lowest BCUT2D eigenvalue weighted by Crippen LogP contribution is -2.11. The molecule has 3 rings (SSSR count). The zero-order chi connectivity index (χ0) is 22.2. The average molecular weight is 437 g/mol. The maximum atomic E-state index is 9.49. The van der Waals surface area contributed by atoms with Crippen LogP contribution in [-0.4, -0.2) is 36.5 Å². The Morgan fingerprint density at radius 1 is 1.13 bits per heavy atom. The molecule has 0 bridgehead atoms. The van der Waals surface area contributed by atoms with Crippen LogP contribution in [0.3, 0.4) is 0 Å². The Bertz CT molecular complexity index is 1060. The Kier molecular flexibility index (Phi) is 7.99. The number of aromatic nitrogens is 2. The zero-order valence-electron chi connectivity index (χ0n) is 18.4. The van der Waals surface area contributed by atoms with Gasteiger partial charge in [0.15, 0.2) is 0 Å². The summed E-state index contributed by atoms with van der Waals surface area (Å²) >= 11 is 1.52. The maximum Gasteiger partial charge on any atom is 0.148 e. The van der Waals surface area contributed by atoms with Gasteiger partial charge in [0, 0.05) is 11.1 Å². The SMILES string of the molecule is CCc1cc(OCCCNC)ccc1-c1nnc(-c2ccc(OC(C)C)c(C#N)c2)s1. The van der Waals surface area contributed by atoms with Gasteiger partial charge in [-0.2, -0.15) is 5.26 Å². The highest BCUT2D eigenvalue weighted by Crippen LogP contribution is 2.35. The first-order chi connectivity index (χ1) is 15.0. The zero-order valence-corrected chi connectivity index (χ0v) is 19.3. The van der Waals surface area contributed by atoms with Gasteiger partial charge in [0.1, 0.15) is 27.6 Å². The van der Waals surface area contributed by atoms with Crippen molar-refractivity contribution in [3.8, 4) is 38.7 Å². The van der Waals surface area contributed by atoms with E-state index in [-0.39, 0.29) is 6.10 Å². The van der Waals surface area contributed by atoms with Crippen molar-refractivity contribution in [1.29, 1.82) is 5.26 Å². The van der Waals surface area contributed by atoms with Crippen LogP contribution < -0.4 is 14.8 Å². The minimum Gasteiger partial charge on any atom is -0.494 e. The number of hydrogen-bond donors (Lipinski definition) is 1. The summed E-state index contributed by atoms with van der Waals surface area (Å²) in [5, 5.41) is 23.0. The third-order valence-corrected chi connectivity index (χ3v) is 5.67. The molecule has 0 spiro atoms. The van der Waals surface area contributed by atoms with Gasteiger partial charge in [-0.3, -0.25) is 0 Å². The molecule has 0 fully saturated rings. The Labute approximate surface area is 187 Å². The Balaban J connectivity index is 1.82. The van der Waals surface area contributed by atoms with Crippen LogP contribution in [-0.2, 0) is 6.42 Å². The molecule has 7 heteroatoms. The normalized spacial score (nSPS) is 10.8. The summed E-state index contributed by atoms with van der Waals surface area (Å²) < 4.78 is 11.6. The van der Waals surface area contributed by atoms with E-state index >= 15 is 0 Å². The molecule has 31 heavy (non-hydrogen) atoms. The average Bonchev–Trinajstić information content (AvgIpc) is 3.26. The van der Waals surface area contributed by atoms with Crippen molar-refractivity contribution in [3.05, 3.63) is 47.5 Å². The highest BCUT2D eigenvalue weighted by molar-refractivity contribution is 7.17. The van der Waals surface area contributed by atoms with Gasteiger partial charge >= 0.3 is 0 Å². The second-order valence-corrected chi connectivity index (χ2v) is 8.36. The minimum absolute atomic E-state index is 0.00816. The summed E-state index contributed by atoms with van der Waals surface area (Å²) in [5.74, 6) is 1.46. The van der Waals surface area contributed by atoms with Gasteiger partial charge in [-0.1, -0.05) is 18.3 Å². The van der Waals surface area contributed by atoms with E-state index in [1.807, 2.05) is 45.2 Å². The fourth-order valence-corrected chi connectivity index (χ4v) is 4.06. The number of rotatable bonds is 10. The fraction of sp³-hybridized carbons (Fsp3) is 0.375. The quantitative estimate of drug-likeness (QED) is 0.446. The van der Waals surface area contributed by atoms with Crippen LogP contribution in [0.25, 0.3) is 21.1 Å². The summed E-state index contributed by atoms with van der Waals surface area (Å²) in [4.78, 5) is 0. The number of ether oxygens (including phenoxy) is 2. The fourth-order valence-electron chi connectivity index (χ4n) is 3.16. The van der Waals surface area contributed by atoms with E-state index in [4.69, 9.17) is 9.47 Å². The molecule has 0 atom stereocenters. The van der Waals surface area contributed by atoms with Crippen molar-refractivity contribution in [2.45, 2.75) is 39.7 Å². The molecule has 0 unspecified atom stereocenters. The van der Waals surface area contributed by atoms with Crippen molar-refractivity contribution in [3.63, 3.8) is 0 Å². The van der Waals surface area contributed by atoms with Crippen molar-refractivity contribution in [1.82, 2.24) is 15.5 Å². The van der Waals surface area contributed by atoms with E-state index in [2.05, 4.69) is 40.6 Å². The second kappa shape index (κ2) is 10.9. The molecule has 1 N–H and O–H groups in total. The molecule has 6 nitrogen and oxygen atoms in total. The molecule has 0 radical (unpaired) electrons. The monoisotopic (exact) mass is 436 g/mol. The summed E-state index contributed by atoms with van der Waals surface area (Å²) in [6, 6.07) is 13.9. The number of aryl methyl sites for hydroxylation is 1. The first-order valence-electron chi connectivity index (χ1n) is 10.5. The highest BCUT2D eigenvalue weighted by Gasteiger charge is 2.15. The smallest absolute Gasteiger partial charge is 0.148 e. The van der Waals surface area contributed by atoms with Crippen LogP contribution in [0.4, 0.5) is 0 Å². The first-order valence-corrected chi connectivity index (χ1v) is 11.3. The molecule has 0 aliphatic heterocycles. The van der Waals surface area contributed by atoms with Gasteiger partial charge in [-0.05, 0) is 82.2 Å². The van der Waals surface area contributed by atoms with E-state index in [0.29, 0.717) is 17.9 Å². The van der Waals surface area contributed by atoms with Crippen molar-refractivity contribution >= 4 is 11.3 Å². The number of hydrogen-bond acceptors (Lipinski definition) is 7. The lowest BCUT2D eigenvalue weighted by molar-refractivity contribution is 0.242. The second-order valence-electron chi connectivity index (χ2n) is 7.38. The molecule has 0 aliphatic carbocycles. The maximum absolute atomic E-state index is 9.49. The topological polar surface area (TPSA) is 80.1 Å². The van der Waals surface area contributed by atoms with E-state index < -0.39 is 0 Å². The molecule has 3 aromatic rings. The Hall–Kier alpha value is -2.95. The number of nitriles is 1. The van der Waals surface area contributed by atoms with E-state index in [1.54, 1.807) is 0 Å². The number of benzene rings is 2. The largest absolute Gasteiger partial charge is 0.494 e. The number of nitrogens with one attached hydrogen (secondary N) is 1. The van der Waals surface area contributed by atoms with E-state index in [9.17, 15) is 5.26 Å². The molecular weight excluding hydrogens is 408 g/mol. The minimum atomic E-state index is 0.00816. The number of nitrogens with zero attached hydrogens (tertiary/aromatic N) is 3. The third kappa shape index (κ3) is 5.81. The van der Waals surface area contributed by atoms with Crippen LogP contribution >= 0.6 is 11.3 Å². The molecule has 0 saturated heterocycles. The van der Waals surface area contributed by atoms with Gasteiger partial charge in [0.2, 0.25) is 0 Å². The lowest BCUT2D eigenvalue weighted by atomic mass is 10.1. The molecule has 1 heterocycles. The summed E-state index contributed by atoms with van der Waals surface area (Å²) in [6.45, 7) is 7.62. The third-order valence-electron chi connectivity index (χ3n) is 4.66. The summed E-state index contributed by atoms with van der Waals surface area (Å²) in [5.41, 5.74) is 3.59. The molecular formula is C24H28N4O2S. The standard InChI is InChI=1S/C24H28N4O2S/c1-5-17-14-20(29-12-6-11-26-4)8-9-21(17)24-28-27-23(31-24)18-7-10-22(30-16(2)3)19(13-18)15-25/h7-10,13-14,16,26H,5-6,11-12H2,1-4H3. The lowest BCUT2D eigenvalue weighted by Gasteiger charge is -2.11. The van der Waals surface area contributed by atoms with Gasteiger partial charge in [0.05, 0.1) is 18.3 Å². The molecule has 0 amide bonds. The molecule has 1 aromatic heterocycles. The molecule has 162 valence electrons. The van der Waals surface area contributed by atoms with Crippen molar-refractivity contribution in [2.75, 3.05) is 20.2 Å². The van der Waals surface area contributed by atoms with Crippen LogP contribution in [0, 0.1) is 11.3 Å². The molecule has 0 aliphatic rings. The van der Waals surface area contributed by atoms with E-state index in [0.717, 1.165) is 46.3 Å². The molecule has 2 aromatic carbocycles. The van der Waals surface area contributed by atoms with Gasteiger partial charge < -0.3 is 14.8 Å². The van der Waals surface area contributed by atoms with Crippen molar-refractivity contribution < 1.29 is 9.47 Å².